The molecule has 1 atom stereocenters. The molecule has 3 rings (SSSR count). The van der Waals surface area contributed by atoms with E-state index in [1.807, 2.05) is 23.1 Å². The first-order valence-corrected chi connectivity index (χ1v) is 8.03. The predicted octanol–water partition coefficient (Wildman–Crippen LogP) is 3.34. The van der Waals surface area contributed by atoms with E-state index < -0.39 is 0 Å². The molecule has 0 amide bonds. The highest BCUT2D eigenvalue weighted by atomic mass is 15.3. The summed E-state index contributed by atoms with van der Waals surface area (Å²) >= 11 is 0. The maximum absolute atomic E-state index is 4.62. The summed E-state index contributed by atoms with van der Waals surface area (Å²) in [6, 6.07) is 4.57. The van der Waals surface area contributed by atoms with Crippen molar-refractivity contribution in [3.8, 4) is 5.82 Å². The molecule has 0 radical (unpaired) electrons. The molecule has 2 aromatic rings. The van der Waals surface area contributed by atoms with Gasteiger partial charge in [0.05, 0.1) is 11.9 Å². The molecule has 4 nitrogen and oxygen atoms in total. The van der Waals surface area contributed by atoms with Crippen LogP contribution in [0.2, 0.25) is 0 Å². The van der Waals surface area contributed by atoms with Gasteiger partial charge in [0.2, 0.25) is 0 Å². The average Bonchev–Trinajstić information content (AvgIpc) is 2.80. The highest BCUT2D eigenvalue weighted by Crippen LogP contribution is 2.29. The van der Waals surface area contributed by atoms with Crippen LogP contribution in [0.4, 0.5) is 0 Å². The van der Waals surface area contributed by atoms with Crippen LogP contribution in [0.15, 0.2) is 24.5 Å². The van der Waals surface area contributed by atoms with Gasteiger partial charge in [-0.25, -0.2) is 9.67 Å². The molecule has 2 heterocycles. The minimum absolute atomic E-state index is 0.445. The SMILES string of the molecule is CCCNC1CCCCc2c1cnn2-c1cc(C)ccn1. The zero-order valence-corrected chi connectivity index (χ0v) is 13.0. The Bertz CT molecular complexity index is 603. The average molecular weight is 284 g/mol. The molecule has 1 aliphatic carbocycles. The Balaban J connectivity index is 1.96. The minimum atomic E-state index is 0.445. The summed E-state index contributed by atoms with van der Waals surface area (Å²) in [5.41, 5.74) is 3.92. The number of nitrogens with one attached hydrogen (secondary N) is 1. The van der Waals surface area contributed by atoms with Crippen molar-refractivity contribution in [1.82, 2.24) is 20.1 Å². The summed E-state index contributed by atoms with van der Waals surface area (Å²) in [6.45, 7) is 5.38. The van der Waals surface area contributed by atoms with Crippen LogP contribution in [-0.4, -0.2) is 21.3 Å². The van der Waals surface area contributed by atoms with Crippen LogP contribution in [0.1, 0.15) is 55.5 Å². The molecule has 0 saturated carbocycles. The van der Waals surface area contributed by atoms with E-state index in [4.69, 9.17) is 0 Å². The van der Waals surface area contributed by atoms with Gasteiger partial charge in [-0.2, -0.15) is 5.10 Å². The van der Waals surface area contributed by atoms with Gasteiger partial charge in [0, 0.05) is 17.8 Å². The number of aromatic nitrogens is 3. The van der Waals surface area contributed by atoms with Gasteiger partial charge in [-0.1, -0.05) is 13.3 Å². The van der Waals surface area contributed by atoms with E-state index in [9.17, 15) is 0 Å². The molecule has 4 heteroatoms. The highest BCUT2D eigenvalue weighted by Gasteiger charge is 2.23. The second-order valence-corrected chi connectivity index (χ2v) is 5.90. The van der Waals surface area contributed by atoms with E-state index in [0.717, 1.165) is 18.8 Å². The molecule has 0 bridgehead atoms. The Kier molecular flexibility index (Phi) is 4.34. The lowest BCUT2D eigenvalue weighted by Crippen LogP contribution is -2.22. The second-order valence-electron chi connectivity index (χ2n) is 5.90. The lowest BCUT2D eigenvalue weighted by molar-refractivity contribution is 0.489. The molecule has 112 valence electrons. The van der Waals surface area contributed by atoms with Crippen molar-refractivity contribution in [3.05, 3.63) is 41.3 Å². The van der Waals surface area contributed by atoms with Crippen LogP contribution in [0, 0.1) is 6.92 Å². The van der Waals surface area contributed by atoms with Crippen molar-refractivity contribution in [1.29, 1.82) is 0 Å². The fourth-order valence-electron chi connectivity index (χ4n) is 3.09. The molecule has 0 aliphatic heterocycles. The van der Waals surface area contributed by atoms with Crippen LogP contribution in [0.3, 0.4) is 0 Å². The van der Waals surface area contributed by atoms with Gasteiger partial charge in [0.15, 0.2) is 5.82 Å². The minimum Gasteiger partial charge on any atom is -0.310 e. The van der Waals surface area contributed by atoms with Crippen LogP contribution < -0.4 is 5.32 Å². The van der Waals surface area contributed by atoms with Gasteiger partial charge >= 0.3 is 0 Å². The number of rotatable bonds is 4. The van der Waals surface area contributed by atoms with E-state index in [0.29, 0.717) is 6.04 Å². The number of hydrogen-bond acceptors (Lipinski definition) is 3. The van der Waals surface area contributed by atoms with Crippen molar-refractivity contribution in [2.45, 2.75) is 52.0 Å². The number of nitrogens with zero attached hydrogens (tertiary/aromatic N) is 3. The number of aryl methyl sites for hydroxylation is 1. The molecule has 2 aromatic heterocycles. The molecule has 0 aromatic carbocycles. The number of fused-ring (bicyclic) bond motifs is 1. The molecule has 1 unspecified atom stereocenters. The summed E-state index contributed by atoms with van der Waals surface area (Å²) in [6.07, 6.45) is 9.88. The largest absolute Gasteiger partial charge is 0.310 e. The van der Waals surface area contributed by atoms with Crippen LogP contribution in [-0.2, 0) is 6.42 Å². The van der Waals surface area contributed by atoms with E-state index in [1.54, 1.807) is 0 Å². The summed E-state index contributed by atoms with van der Waals surface area (Å²) in [4.78, 5) is 4.49. The first-order valence-electron chi connectivity index (χ1n) is 8.03. The fourth-order valence-corrected chi connectivity index (χ4v) is 3.09. The van der Waals surface area contributed by atoms with Crippen molar-refractivity contribution in [3.63, 3.8) is 0 Å². The predicted molar refractivity (Wildman–Crippen MR) is 84.7 cm³/mol. The van der Waals surface area contributed by atoms with Crippen LogP contribution >= 0.6 is 0 Å². The topological polar surface area (TPSA) is 42.7 Å². The highest BCUT2D eigenvalue weighted by molar-refractivity contribution is 5.33. The summed E-state index contributed by atoms with van der Waals surface area (Å²) in [5, 5.41) is 8.29. The van der Waals surface area contributed by atoms with Crippen LogP contribution in [0.5, 0.6) is 0 Å². The molecule has 1 aliphatic rings. The Morgan fingerprint density at radius 1 is 1.38 bits per heavy atom. The maximum Gasteiger partial charge on any atom is 0.153 e. The van der Waals surface area contributed by atoms with Gasteiger partial charge in [-0.05, 0) is 56.8 Å². The normalized spacial score (nSPS) is 18.3. The maximum atomic E-state index is 4.62. The van der Waals surface area contributed by atoms with Crippen molar-refractivity contribution >= 4 is 0 Å². The fraction of sp³-hybridized carbons (Fsp3) is 0.529. The first-order chi connectivity index (χ1) is 10.3. The van der Waals surface area contributed by atoms with Crippen molar-refractivity contribution in [2.75, 3.05) is 6.54 Å². The summed E-state index contributed by atoms with van der Waals surface area (Å²) in [5.74, 6) is 0.937. The zero-order valence-electron chi connectivity index (χ0n) is 13.0. The molecule has 0 spiro atoms. The Labute approximate surface area is 126 Å². The molecule has 0 saturated heterocycles. The number of pyridine rings is 1. The lowest BCUT2D eigenvalue weighted by atomic mass is 10.1. The van der Waals surface area contributed by atoms with Gasteiger partial charge in [-0.15, -0.1) is 0 Å². The van der Waals surface area contributed by atoms with E-state index in [-0.39, 0.29) is 0 Å². The van der Waals surface area contributed by atoms with Gasteiger partial charge in [0.25, 0.3) is 0 Å². The lowest BCUT2D eigenvalue weighted by Gasteiger charge is -2.16. The third kappa shape index (κ3) is 3.00. The Morgan fingerprint density at radius 3 is 3.10 bits per heavy atom. The number of hydrogen-bond donors (Lipinski definition) is 1. The van der Waals surface area contributed by atoms with E-state index in [2.05, 4.69) is 35.3 Å². The Hall–Kier alpha value is -1.68. The van der Waals surface area contributed by atoms with Gasteiger partial charge < -0.3 is 5.32 Å². The molecular weight excluding hydrogens is 260 g/mol. The molecule has 1 N–H and O–H groups in total. The first kappa shape index (κ1) is 14.3. The molecule has 0 fully saturated rings. The smallest absolute Gasteiger partial charge is 0.153 e. The molecular formula is C17H24N4. The summed E-state index contributed by atoms with van der Waals surface area (Å²) in [7, 11) is 0. The third-order valence-corrected chi connectivity index (χ3v) is 4.19. The van der Waals surface area contributed by atoms with E-state index >= 15 is 0 Å². The quantitative estimate of drug-likeness (QED) is 0.876. The Morgan fingerprint density at radius 2 is 2.29 bits per heavy atom. The van der Waals surface area contributed by atoms with Gasteiger partial charge in [0.1, 0.15) is 0 Å². The third-order valence-electron chi connectivity index (χ3n) is 4.19. The van der Waals surface area contributed by atoms with Gasteiger partial charge in [-0.3, -0.25) is 0 Å². The van der Waals surface area contributed by atoms with Crippen LogP contribution in [0.25, 0.3) is 5.82 Å². The van der Waals surface area contributed by atoms with Crippen molar-refractivity contribution < 1.29 is 0 Å². The molecule has 21 heavy (non-hydrogen) atoms. The van der Waals surface area contributed by atoms with Crippen molar-refractivity contribution in [2.24, 2.45) is 0 Å². The second kappa shape index (κ2) is 6.39. The monoisotopic (exact) mass is 284 g/mol. The van der Waals surface area contributed by atoms with E-state index in [1.165, 1.54) is 42.5 Å². The summed E-state index contributed by atoms with van der Waals surface area (Å²) < 4.78 is 2.04. The standard InChI is InChI=1S/C17H24N4/c1-3-9-18-15-6-4-5-7-16-14(15)12-20-21(16)17-11-13(2)8-10-19-17/h8,10-12,15,18H,3-7,9H2,1-2H3. The zero-order chi connectivity index (χ0) is 14.7.